The minimum atomic E-state index is -1.89. The molecule has 1 unspecified atom stereocenters. The Morgan fingerprint density at radius 2 is 1.36 bits per heavy atom. The van der Waals surface area contributed by atoms with E-state index in [2.05, 4.69) is 6.92 Å². The van der Waals surface area contributed by atoms with Crippen LogP contribution in [0.5, 0.6) is 0 Å². The van der Waals surface area contributed by atoms with Crippen molar-refractivity contribution in [1.82, 2.24) is 0 Å². The third-order valence-corrected chi connectivity index (χ3v) is 5.35. The topological polar surface area (TPSA) is 35.5 Å². The lowest BCUT2D eigenvalue weighted by molar-refractivity contribution is 0.129. The first-order valence-electron chi connectivity index (χ1n) is 9.60. The molecule has 0 heterocycles. The minimum Gasteiger partial charge on any atom is -0.119 e. The normalized spacial score (nSPS) is 16.9. The van der Waals surface area contributed by atoms with Crippen LogP contribution in [0, 0.1) is 0 Å². The molecule has 4 heteroatoms. The quantitative estimate of drug-likeness (QED) is 0.256. The fourth-order valence-corrected chi connectivity index (χ4v) is 3.84. The summed E-state index contributed by atoms with van der Waals surface area (Å²) in [6.07, 6.45) is 19.0. The van der Waals surface area contributed by atoms with Gasteiger partial charge in [-0.2, -0.15) is 0 Å². The zero-order chi connectivity index (χ0) is 15.9. The number of unbranched alkanes of at least 4 members (excludes halogenated alkanes) is 9. The third-order valence-electron chi connectivity index (χ3n) is 4.48. The molecule has 1 atom stereocenters. The molecule has 0 amide bonds. The zero-order valence-corrected chi connectivity index (χ0v) is 15.5. The van der Waals surface area contributed by atoms with E-state index in [9.17, 15) is 4.57 Å². The predicted octanol–water partition coefficient (Wildman–Crippen LogP) is 6.93. The second-order valence-electron chi connectivity index (χ2n) is 6.60. The van der Waals surface area contributed by atoms with Crippen molar-refractivity contribution in [2.45, 2.75) is 109 Å². The Bertz CT molecular complexity index is 265. The van der Waals surface area contributed by atoms with E-state index >= 15 is 0 Å². The van der Waals surface area contributed by atoms with Gasteiger partial charge < -0.3 is 0 Å². The van der Waals surface area contributed by atoms with Crippen LogP contribution in [0.4, 0.5) is 0 Å². The van der Waals surface area contributed by atoms with Crippen molar-refractivity contribution in [3.05, 3.63) is 0 Å². The van der Waals surface area contributed by atoms with E-state index in [1.807, 2.05) is 0 Å². The first-order valence-corrected chi connectivity index (χ1v) is 10.7. The van der Waals surface area contributed by atoms with Crippen molar-refractivity contribution in [3.8, 4) is 0 Å². The Morgan fingerprint density at radius 3 is 1.95 bits per heavy atom. The van der Waals surface area contributed by atoms with Crippen LogP contribution in [0.1, 0.15) is 103 Å². The molecule has 1 rings (SSSR count). The van der Waals surface area contributed by atoms with Gasteiger partial charge >= 0.3 is 8.25 Å². The summed E-state index contributed by atoms with van der Waals surface area (Å²) in [6.45, 7) is 2.84. The molecule has 0 bridgehead atoms. The molecule has 0 saturated heterocycles. The lowest BCUT2D eigenvalue weighted by atomic mass is 9.98. The maximum Gasteiger partial charge on any atom is 0.697 e. The summed E-state index contributed by atoms with van der Waals surface area (Å²) in [4.78, 5) is 0. The second kappa shape index (κ2) is 14.6. The fraction of sp³-hybridized carbons (Fsp3) is 1.00. The van der Waals surface area contributed by atoms with E-state index in [-0.39, 0.29) is 6.10 Å². The van der Waals surface area contributed by atoms with Crippen LogP contribution >= 0.6 is 8.25 Å². The third kappa shape index (κ3) is 11.6. The average molecular weight is 331 g/mol. The lowest BCUT2D eigenvalue weighted by Gasteiger charge is -2.15. The monoisotopic (exact) mass is 331 g/mol. The van der Waals surface area contributed by atoms with Crippen molar-refractivity contribution >= 4 is 8.25 Å². The van der Waals surface area contributed by atoms with Crippen LogP contribution in [-0.4, -0.2) is 12.7 Å². The van der Waals surface area contributed by atoms with Crippen LogP contribution in [0.25, 0.3) is 0 Å². The molecule has 1 saturated carbocycles. The second-order valence-corrected chi connectivity index (χ2v) is 7.52. The summed E-state index contributed by atoms with van der Waals surface area (Å²) in [7, 11) is -1.89. The van der Waals surface area contributed by atoms with Gasteiger partial charge in [0.15, 0.2) is 0 Å². The first-order chi connectivity index (χ1) is 10.8. The highest BCUT2D eigenvalue weighted by Gasteiger charge is 2.28. The van der Waals surface area contributed by atoms with Gasteiger partial charge in [-0.25, -0.2) is 0 Å². The molecule has 1 aliphatic rings. The Labute approximate surface area is 138 Å². The largest absolute Gasteiger partial charge is 0.697 e. The van der Waals surface area contributed by atoms with Crippen LogP contribution in [0.15, 0.2) is 0 Å². The van der Waals surface area contributed by atoms with Gasteiger partial charge in [-0.15, -0.1) is 9.05 Å². The van der Waals surface area contributed by atoms with E-state index in [0.717, 1.165) is 19.3 Å². The molecule has 0 radical (unpaired) electrons. The van der Waals surface area contributed by atoms with Crippen LogP contribution in [0.3, 0.4) is 0 Å². The average Bonchev–Trinajstić information content (AvgIpc) is 2.53. The number of hydrogen-bond donors (Lipinski definition) is 0. The number of hydrogen-bond acceptors (Lipinski definition) is 3. The predicted molar refractivity (Wildman–Crippen MR) is 93.4 cm³/mol. The molecule has 130 valence electrons. The lowest BCUT2D eigenvalue weighted by Crippen LogP contribution is -2.13. The highest BCUT2D eigenvalue weighted by atomic mass is 31.1. The molecular weight excluding hydrogens is 295 g/mol. The molecule has 1 aliphatic carbocycles. The van der Waals surface area contributed by atoms with Crippen molar-refractivity contribution < 1.29 is 13.6 Å². The van der Waals surface area contributed by atoms with Crippen molar-refractivity contribution in [1.29, 1.82) is 0 Å². The molecule has 0 aromatic heterocycles. The van der Waals surface area contributed by atoms with Crippen LogP contribution < -0.4 is 0 Å². The van der Waals surface area contributed by atoms with E-state index in [1.54, 1.807) is 0 Å². The smallest absolute Gasteiger partial charge is 0.119 e. The van der Waals surface area contributed by atoms with E-state index in [1.165, 1.54) is 77.0 Å². The molecule has 0 aromatic carbocycles. The maximum absolute atomic E-state index is 11.7. The molecule has 0 spiro atoms. The molecular formula is C18H36O3P+. The first kappa shape index (κ1) is 20.1. The van der Waals surface area contributed by atoms with E-state index in [4.69, 9.17) is 9.05 Å². The van der Waals surface area contributed by atoms with Gasteiger partial charge in [-0.3, -0.25) is 0 Å². The van der Waals surface area contributed by atoms with Gasteiger partial charge in [0.05, 0.1) is 0 Å². The molecule has 0 N–H and O–H groups in total. The van der Waals surface area contributed by atoms with Crippen molar-refractivity contribution in [2.75, 3.05) is 6.61 Å². The van der Waals surface area contributed by atoms with E-state index < -0.39 is 8.25 Å². The summed E-state index contributed by atoms with van der Waals surface area (Å²) in [5.74, 6) is 0. The standard InChI is InChI=1S/C18H36O3P/c1-2-3-4-5-6-7-8-9-10-14-17-20-22(19)21-18-15-12-11-13-16-18/h18H,2-17H2,1H3/q+1. The van der Waals surface area contributed by atoms with Crippen LogP contribution in [0.2, 0.25) is 0 Å². The molecule has 22 heavy (non-hydrogen) atoms. The molecule has 0 aromatic rings. The van der Waals surface area contributed by atoms with Crippen molar-refractivity contribution in [3.63, 3.8) is 0 Å². The van der Waals surface area contributed by atoms with Gasteiger partial charge in [0.25, 0.3) is 0 Å². The zero-order valence-electron chi connectivity index (χ0n) is 14.6. The summed E-state index contributed by atoms with van der Waals surface area (Å²) in [5.41, 5.74) is 0. The van der Waals surface area contributed by atoms with Gasteiger partial charge in [-0.1, -0.05) is 84.0 Å². The Hall–Kier alpha value is 0.0200. The molecule has 3 nitrogen and oxygen atoms in total. The van der Waals surface area contributed by atoms with Gasteiger partial charge in [0, 0.05) is 4.57 Å². The Balaban J connectivity index is 1.79. The highest BCUT2D eigenvalue weighted by Crippen LogP contribution is 2.32. The highest BCUT2D eigenvalue weighted by molar-refractivity contribution is 7.33. The van der Waals surface area contributed by atoms with Crippen molar-refractivity contribution in [2.24, 2.45) is 0 Å². The maximum atomic E-state index is 11.7. The molecule has 1 fully saturated rings. The fourth-order valence-electron chi connectivity index (χ4n) is 3.05. The number of rotatable bonds is 14. The van der Waals surface area contributed by atoms with Crippen LogP contribution in [-0.2, 0) is 13.6 Å². The van der Waals surface area contributed by atoms with E-state index in [0.29, 0.717) is 6.61 Å². The Kier molecular flexibility index (Phi) is 13.3. The van der Waals surface area contributed by atoms with Gasteiger partial charge in [0.1, 0.15) is 12.7 Å². The van der Waals surface area contributed by atoms with Gasteiger partial charge in [-0.05, 0) is 19.3 Å². The Morgan fingerprint density at radius 1 is 0.818 bits per heavy atom. The summed E-state index contributed by atoms with van der Waals surface area (Å²) < 4.78 is 22.4. The summed E-state index contributed by atoms with van der Waals surface area (Å²) in [6, 6.07) is 0. The molecule has 0 aliphatic heterocycles. The summed E-state index contributed by atoms with van der Waals surface area (Å²) >= 11 is 0. The minimum absolute atomic E-state index is 0.171. The van der Waals surface area contributed by atoms with Gasteiger partial charge in [0.2, 0.25) is 0 Å². The SMILES string of the molecule is CCCCCCCCCCCCO[P+](=O)OC1CCCCC1. The summed E-state index contributed by atoms with van der Waals surface area (Å²) in [5, 5.41) is 0.